The van der Waals surface area contributed by atoms with Crippen molar-refractivity contribution in [1.82, 2.24) is 5.43 Å². The summed E-state index contributed by atoms with van der Waals surface area (Å²) in [5.74, 6) is 5.30. The summed E-state index contributed by atoms with van der Waals surface area (Å²) in [4.78, 5) is 1.20. The number of nitrogens with two attached hydrogens (primary N) is 1. The lowest BCUT2D eigenvalue weighted by atomic mass is 9.99. The Morgan fingerprint density at radius 1 is 1.25 bits per heavy atom. The summed E-state index contributed by atoms with van der Waals surface area (Å²) < 4.78 is 13.0. The van der Waals surface area contributed by atoms with E-state index in [2.05, 4.69) is 17.6 Å². The maximum Gasteiger partial charge on any atom is 0.124 e. The maximum atomic E-state index is 13.0. The van der Waals surface area contributed by atoms with E-state index >= 15 is 0 Å². The first kappa shape index (κ1) is 15.3. The highest BCUT2D eigenvalue weighted by atomic mass is 35.5. The van der Waals surface area contributed by atoms with Gasteiger partial charge in [0.25, 0.3) is 0 Å². The van der Waals surface area contributed by atoms with Crippen LogP contribution in [0.2, 0.25) is 5.02 Å². The summed E-state index contributed by atoms with van der Waals surface area (Å²) >= 11 is 7.74. The standard InChI is InChI=1S/C15H16ClFN2S/c1-20-13-6-3-10(4-7-13)15(19-18)8-11-2-5-12(17)9-14(11)16/h2-7,9,15,19H,8,18H2,1H3. The van der Waals surface area contributed by atoms with E-state index in [1.54, 1.807) is 17.8 Å². The zero-order valence-corrected chi connectivity index (χ0v) is 12.6. The molecule has 0 bridgehead atoms. The van der Waals surface area contributed by atoms with Crippen LogP contribution in [0.25, 0.3) is 0 Å². The second-order valence-corrected chi connectivity index (χ2v) is 5.72. The van der Waals surface area contributed by atoms with Gasteiger partial charge in [0.05, 0.1) is 6.04 Å². The van der Waals surface area contributed by atoms with Crippen LogP contribution in [-0.4, -0.2) is 6.26 Å². The molecule has 2 nitrogen and oxygen atoms in total. The van der Waals surface area contributed by atoms with Gasteiger partial charge in [0.15, 0.2) is 0 Å². The topological polar surface area (TPSA) is 38.0 Å². The molecular formula is C15H16ClFN2S. The molecule has 2 aromatic carbocycles. The summed E-state index contributed by atoms with van der Waals surface area (Å²) in [7, 11) is 0. The van der Waals surface area contributed by atoms with Crippen LogP contribution in [0.4, 0.5) is 4.39 Å². The van der Waals surface area contributed by atoms with Crippen LogP contribution in [0.15, 0.2) is 47.4 Å². The van der Waals surface area contributed by atoms with Crippen molar-refractivity contribution in [3.63, 3.8) is 0 Å². The summed E-state index contributed by atoms with van der Waals surface area (Å²) in [6.07, 6.45) is 2.64. The molecule has 0 spiro atoms. The SMILES string of the molecule is CSc1ccc(C(Cc2ccc(F)cc2Cl)NN)cc1. The van der Waals surface area contributed by atoms with E-state index in [9.17, 15) is 4.39 Å². The number of hydrogen-bond donors (Lipinski definition) is 2. The molecule has 0 aliphatic rings. The highest BCUT2D eigenvalue weighted by Crippen LogP contribution is 2.25. The van der Waals surface area contributed by atoms with E-state index in [0.717, 1.165) is 11.1 Å². The molecule has 1 unspecified atom stereocenters. The zero-order chi connectivity index (χ0) is 14.5. The van der Waals surface area contributed by atoms with Crippen molar-refractivity contribution < 1.29 is 4.39 Å². The third-order valence-corrected chi connectivity index (χ3v) is 4.25. The van der Waals surface area contributed by atoms with E-state index < -0.39 is 0 Å². The Labute approximate surface area is 127 Å². The summed E-state index contributed by atoms with van der Waals surface area (Å²) in [6, 6.07) is 12.5. The Kier molecular flexibility index (Phi) is 5.43. The van der Waals surface area contributed by atoms with Crippen molar-refractivity contribution in [3.8, 4) is 0 Å². The lowest BCUT2D eigenvalue weighted by Gasteiger charge is -2.17. The van der Waals surface area contributed by atoms with Gasteiger partial charge in [0.1, 0.15) is 5.82 Å². The molecule has 0 aliphatic heterocycles. The second-order valence-electron chi connectivity index (χ2n) is 4.43. The van der Waals surface area contributed by atoms with Gasteiger partial charge in [0, 0.05) is 9.92 Å². The maximum absolute atomic E-state index is 13.0. The van der Waals surface area contributed by atoms with Crippen LogP contribution < -0.4 is 11.3 Å². The first-order chi connectivity index (χ1) is 9.63. The molecule has 2 aromatic rings. The molecule has 0 amide bonds. The molecule has 0 aliphatic carbocycles. The summed E-state index contributed by atoms with van der Waals surface area (Å²) in [5.41, 5.74) is 4.73. The predicted octanol–water partition coefficient (Wildman–Crippen LogP) is 3.95. The number of thioether (sulfide) groups is 1. The number of halogens is 2. The van der Waals surface area contributed by atoms with E-state index in [1.165, 1.54) is 17.0 Å². The van der Waals surface area contributed by atoms with Gasteiger partial charge >= 0.3 is 0 Å². The lowest BCUT2D eigenvalue weighted by molar-refractivity contribution is 0.550. The number of nitrogens with one attached hydrogen (secondary N) is 1. The Morgan fingerprint density at radius 3 is 2.50 bits per heavy atom. The number of hydrogen-bond acceptors (Lipinski definition) is 3. The molecule has 2 rings (SSSR count). The molecule has 20 heavy (non-hydrogen) atoms. The summed E-state index contributed by atoms with van der Waals surface area (Å²) in [5, 5.41) is 0.422. The first-order valence-corrected chi connectivity index (χ1v) is 7.78. The Bertz CT molecular complexity index is 575. The minimum Gasteiger partial charge on any atom is -0.271 e. The average Bonchev–Trinajstić information content (AvgIpc) is 2.47. The van der Waals surface area contributed by atoms with Gasteiger partial charge in [-0.05, 0) is 48.1 Å². The molecule has 0 saturated heterocycles. The quantitative estimate of drug-likeness (QED) is 0.499. The highest BCUT2D eigenvalue weighted by molar-refractivity contribution is 7.98. The van der Waals surface area contributed by atoms with Gasteiger partial charge in [-0.25, -0.2) is 4.39 Å². The Hall–Kier alpha value is -1.07. The van der Waals surface area contributed by atoms with Crippen molar-refractivity contribution in [1.29, 1.82) is 0 Å². The molecule has 5 heteroatoms. The van der Waals surface area contributed by atoms with E-state index in [0.29, 0.717) is 11.4 Å². The fourth-order valence-corrected chi connectivity index (χ4v) is 2.67. The average molecular weight is 311 g/mol. The Balaban J connectivity index is 2.19. The molecule has 0 radical (unpaired) electrons. The van der Waals surface area contributed by atoms with Crippen molar-refractivity contribution in [2.24, 2.45) is 5.84 Å². The molecule has 0 aromatic heterocycles. The third-order valence-electron chi connectivity index (χ3n) is 3.16. The lowest BCUT2D eigenvalue weighted by Crippen LogP contribution is -2.29. The van der Waals surface area contributed by atoms with Crippen LogP contribution in [-0.2, 0) is 6.42 Å². The van der Waals surface area contributed by atoms with Crippen molar-refractivity contribution in [2.75, 3.05) is 6.26 Å². The molecule has 0 fully saturated rings. The van der Waals surface area contributed by atoms with Crippen LogP contribution >= 0.6 is 23.4 Å². The minimum atomic E-state index is -0.333. The van der Waals surface area contributed by atoms with Gasteiger partial charge in [-0.15, -0.1) is 11.8 Å². The normalized spacial score (nSPS) is 12.4. The fourth-order valence-electron chi connectivity index (χ4n) is 2.02. The second kappa shape index (κ2) is 7.09. The number of rotatable bonds is 5. The monoisotopic (exact) mass is 310 g/mol. The van der Waals surface area contributed by atoms with Gasteiger partial charge in [-0.3, -0.25) is 11.3 Å². The molecule has 3 N–H and O–H groups in total. The molecule has 0 saturated carbocycles. The number of hydrazine groups is 1. The van der Waals surface area contributed by atoms with E-state index in [1.807, 2.05) is 18.4 Å². The molecule has 106 valence electrons. The molecule has 0 heterocycles. The largest absolute Gasteiger partial charge is 0.271 e. The van der Waals surface area contributed by atoms with Crippen molar-refractivity contribution in [3.05, 3.63) is 64.4 Å². The van der Waals surface area contributed by atoms with E-state index in [-0.39, 0.29) is 11.9 Å². The minimum absolute atomic E-state index is 0.0612. The van der Waals surface area contributed by atoms with Gasteiger partial charge < -0.3 is 0 Å². The predicted molar refractivity (Wildman–Crippen MR) is 83.4 cm³/mol. The van der Waals surface area contributed by atoms with Gasteiger partial charge in [-0.2, -0.15) is 0 Å². The molecular weight excluding hydrogens is 295 g/mol. The number of benzene rings is 2. The smallest absolute Gasteiger partial charge is 0.124 e. The highest BCUT2D eigenvalue weighted by Gasteiger charge is 2.13. The van der Waals surface area contributed by atoms with Crippen molar-refractivity contribution >= 4 is 23.4 Å². The van der Waals surface area contributed by atoms with Crippen LogP contribution in [0.5, 0.6) is 0 Å². The van der Waals surface area contributed by atoms with Crippen LogP contribution in [0.1, 0.15) is 17.2 Å². The zero-order valence-electron chi connectivity index (χ0n) is 11.1. The third kappa shape index (κ3) is 3.73. The first-order valence-electron chi connectivity index (χ1n) is 6.18. The van der Waals surface area contributed by atoms with Gasteiger partial charge in [0.2, 0.25) is 0 Å². The van der Waals surface area contributed by atoms with Crippen LogP contribution in [0, 0.1) is 5.82 Å². The summed E-state index contributed by atoms with van der Waals surface area (Å²) in [6.45, 7) is 0. The van der Waals surface area contributed by atoms with Crippen LogP contribution in [0.3, 0.4) is 0 Å². The Morgan fingerprint density at radius 2 is 1.95 bits per heavy atom. The fraction of sp³-hybridized carbons (Fsp3) is 0.200. The van der Waals surface area contributed by atoms with Gasteiger partial charge in [-0.1, -0.05) is 29.8 Å². The van der Waals surface area contributed by atoms with E-state index in [4.69, 9.17) is 17.4 Å². The molecule has 1 atom stereocenters. The van der Waals surface area contributed by atoms with Crippen molar-refractivity contribution in [2.45, 2.75) is 17.4 Å².